The van der Waals surface area contributed by atoms with Crippen LogP contribution in [0.1, 0.15) is 6.92 Å². The van der Waals surface area contributed by atoms with Crippen molar-refractivity contribution in [1.82, 2.24) is 0 Å². The van der Waals surface area contributed by atoms with Gasteiger partial charge in [-0.15, -0.1) is 0 Å². The van der Waals surface area contributed by atoms with Crippen molar-refractivity contribution >= 4 is 17.3 Å². The summed E-state index contributed by atoms with van der Waals surface area (Å²) in [5, 5.41) is 0. The summed E-state index contributed by atoms with van der Waals surface area (Å²) in [6.07, 6.45) is 0. The number of amides is 1. The fourth-order valence-corrected chi connectivity index (χ4v) is 1.82. The van der Waals surface area contributed by atoms with Crippen molar-refractivity contribution in [3.63, 3.8) is 0 Å². The first kappa shape index (κ1) is 9.06. The van der Waals surface area contributed by atoms with E-state index in [2.05, 4.69) is 0 Å². The molecule has 0 spiro atoms. The molecule has 0 bridgehead atoms. The van der Waals surface area contributed by atoms with Gasteiger partial charge in [0, 0.05) is 14.1 Å². The van der Waals surface area contributed by atoms with E-state index in [1.807, 2.05) is 50.2 Å². The smallest absolute Gasteiger partial charge is 0.249 e. The normalized spacial score (nSPS) is 21.1. The second kappa shape index (κ2) is 3.01. The van der Waals surface area contributed by atoms with Crippen LogP contribution in [0.3, 0.4) is 0 Å². The fourth-order valence-electron chi connectivity index (χ4n) is 1.82. The van der Waals surface area contributed by atoms with Crippen LogP contribution < -0.4 is 9.80 Å². The lowest BCUT2D eigenvalue weighted by atomic mass is 10.1. The van der Waals surface area contributed by atoms with Gasteiger partial charge in [0.05, 0.1) is 11.4 Å². The predicted molar refractivity (Wildman–Crippen MR) is 57.7 cm³/mol. The highest BCUT2D eigenvalue weighted by molar-refractivity contribution is 6.04. The molecule has 1 aliphatic rings. The molecule has 14 heavy (non-hydrogen) atoms. The molecule has 0 saturated carbocycles. The molecular formula is C11H14N2O. The number of nitrogens with zero attached hydrogens (tertiary/aromatic N) is 2. The molecule has 1 unspecified atom stereocenters. The molecule has 3 heteroatoms. The number of fused-ring (bicyclic) bond motifs is 1. The maximum Gasteiger partial charge on any atom is 0.249 e. The van der Waals surface area contributed by atoms with Crippen LogP contribution in [0.2, 0.25) is 0 Å². The van der Waals surface area contributed by atoms with Crippen LogP contribution in [0.4, 0.5) is 11.4 Å². The molecule has 0 aliphatic carbocycles. The van der Waals surface area contributed by atoms with Crippen LogP contribution in [-0.4, -0.2) is 26.0 Å². The molecule has 0 saturated heterocycles. The average molecular weight is 190 g/mol. The largest absolute Gasteiger partial charge is 0.361 e. The van der Waals surface area contributed by atoms with Gasteiger partial charge in [-0.1, -0.05) is 12.1 Å². The number of anilines is 2. The molecule has 0 radical (unpaired) electrons. The molecule has 1 atom stereocenters. The van der Waals surface area contributed by atoms with E-state index < -0.39 is 0 Å². The molecule has 1 heterocycles. The molecule has 1 aliphatic heterocycles. The van der Waals surface area contributed by atoms with Crippen LogP contribution in [-0.2, 0) is 4.79 Å². The summed E-state index contributed by atoms with van der Waals surface area (Å²) < 4.78 is 0. The van der Waals surface area contributed by atoms with E-state index >= 15 is 0 Å². The van der Waals surface area contributed by atoms with Gasteiger partial charge in [-0.25, -0.2) is 0 Å². The van der Waals surface area contributed by atoms with Gasteiger partial charge in [-0.05, 0) is 19.1 Å². The SMILES string of the molecule is CC1C(=O)N(C)c2ccccc2N1C. The standard InChI is InChI=1S/C11H14N2O/c1-8-11(14)13(3)10-7-5-4-6-9(10)12(8)2/h4-8H,1-3H3. The molecule has 3 nitrogen and oxygen atoms in total. The van der Waals surface area contributed by atoms with Crippen LogP contribution in [0.25, 0.3) is 0 Å². The van der Waals surface area contributed by atoms with Crippen LogP contribution in [0.15, 0.2) is 24.3 Å². The summed E-state index contributed by atoms with van der Waals surface area (Å²) >= 11 is 0. The fraction of sp³-hybridized carbons (Fsp3) is 0.364. The van der Waals surface area contributed by atoms with E-state index in [1.165, 1.54) is 0 Å². The summed E-state index contributed by atoms with van der Waals surface area (Å²) in [5.74, 6) is 0.145. The maximum atomic E-state index is 11.8. The second-order valence-corrected chi connectivity index (χ2v) is 3.67. The zero-order chi connectivity index (χ0) is 10.3. The van der Waals surface area contributed by atoms with Gasteiger partial charge in [-0.2, -0.15) is 0 Å². The summed E-state index contributed by atoms with van der Waals surface area (Å²) in [5.41, 5.74) is 2.10. The number of para-hydroxylation sites is 2. The minimum absolute atomic E-state index is 0.0742. The molecule has 2 rings (SSSR count). The number of hydrogen-bond donors (Lipinski definition) is 0. The summed E-state index contributed by atoms with van der Waals surface area (Å²) in [7, 11) is 3.78. The van der Waals surface area contributed by atoms with Gasteiger partial charge < -0.3 is 9.80 Å². The third-order valence-corrected chi connectivity index (χ3v) is 2.89. The highest BCUT2D eigenvalue weighted by Gasteiger charge is 2.30. The Hall–Kier alpha value is -1.51. The number of carbonyl (C=O) groups is 1. The third-order valence-electron chi connectivity index (χ3n) is 2.89. The number of likely N-dealkylation sites (N-methyl/N-ethyl adjacent to an activating group) is 2. The Balaban J connectivity index is 2.56. The Bertz CT molecular complexity index is 375. The zero-order valence-electron chi connectivity index (χ0n) is 8.69. The van der Waals surface area contributed by atoms with Gasteiger partial charge in [-0.3, -0.25) is 4.79 Å². The number of hydrogen-bond acceptors (Lipinski definition) is 2. The zero-order valence-corrected chi connectivity index (χ0v) is 8.69. The van der Waals surface area contributed by atoms with E-state index in [4.69, 9.17) is 0 Å². The average Bonchev–Trinajstić information content (AvgIpc) is 2.23. The van der Waals surface area contributed by atoms with Crippen LogP contribution >= 0.6 is 0 Å². The Morgan fingerprint density at radius 3 is 2.36 bits per heavy atom. The Labute approximate surface area is 83.9 Å². The molecule has 1 aromatic rings. The molecular weight excluding hydrogens is 176 g/mol. The van der Waals surface area contributed by atoms with E-state index in [-0.39, 0.29) is 11.9 Å². The highest BCUT2D eigenvalue weighted by Crippen LogP contribution is 2.33. The summed E-state index contributed by atoms with van der Waals surface area (Å²) in [4.78, 5) is 15.5. The van der Waals surface area contributed by atoms with Crippen molar-refractivity contribution < 1.29 is 4.79 Å². The first-order valence-electron chi connectivity index (χ1n) is 4.72. The monoisotopic (exact) mass is 190 g/mol. The predicted octanol–water partition coefficient (Wildman–Crippen LogP) is 1.49. The number of benzene rings is 1. The van der Waals surface area contributed by atoms with E-state index in [9.17, 15) is 4.79 Å². The van der Waals surface area contributed by atoms with Gasteiger partial charge in [0.15, 0.2) is 0 Å². The Kier molecular flexibility index (Phi) is 1.95. The van der Waals surface area contributed by atoms with Crippen molar-refractivity contribution in [2.75, 3.05) is 23.9 Å². The lowest BCUT2D eigenvalue weighted by Crippen LogP contribution is -2.48. The van der Waals surface area contributed by atoms with Crippen molar-refractivity contribution in [3.8, 4) is 0 Å². The topological polar surface area (TPSA) is 23.6 Å². The number of carbonyl (C=O) groups excluding carboxylic acids is 1. The molecule has 0 fully saturated rings. The summed E-state index contributed by atoms with van der Waals surface area (Å²) in [6.45, 7) is 1.93. The maximum absolute atomic E-state index is 11.8. The molecule has 0 N–H and O–H groups in total. The van der Waals surface area contributed by atoms with Crippen molar-refractivity contribution in [2.45, 2.75) is 13.0 Å². The van der Waals surface area contributed by atoms with Gasteiger partial charge >= 0.3 is 0 Å². The minimum Gasteiger partial charge on any atom is -0.361 e. The first-order chi connectivity index (χ1) is 6.63. The summed E-state index contributed by atoms with van der Waals surface area (Å²) in [6, 6.07) is 7.87. The first-order valence-corrected chi connectivity index (χ1v) is 4.72. The Morgan fingerprint density at radius 2 is 1.71 bits per heavy atom. The van der Waals surface area contributed by atoms with E-state index in [1.54, 1.807) is 4.90 Å². The Morgan fingerprint density at radius 1 is 1.14 bits per heavy atom. The molecule has 0 aromatic heterocycles. The van der Waals surface area contributed by atoms with Crippen LogP contribution in [0, 0.1) is 0 Å². The molecule has 1 aromatic carbocycles. The lowest BCUT2D eigenvalue weighted by Gasteiger charge is -2.37. The quantitative estimate of drug-likeness (QED) is 0.618. The number of rotatable bonds is 0. The molecule has 74 valence electrons. The van der Waals surface area contributed by atoms with Gasteiger partial charge in [0.25, 0.3) is 0 Å². The van der Waals surface area contributed by atoms with Crippen molar-refractivity contribution in [1.29, 1.82) is 0 Å². The van der Waals surface area contributed by atoms with E-state index in [0.29, 0.717) is 0 Å². The van der Waals surface area contributed by atoms with E-state index in [0.717, 1.165) is 11.4 Å². The lowest BCUT2D eigenvalue weighted by molar-refractivity contribution is -0.119. The highest BCUT2D eigenvalue weighted by atomic mass is 16.2. The third kappa shape index (κ3) is 1.09. The van der Waals surface area contributed by atoms with Crippen molar-refractivity contribution in [2.24, 2.45) is 0 Å². The second-order valence-electron chi connectivity index (χ2n) is 3.67. The molecule has 1 amide bonds. The van der Waals surface area contributed by atoms with Gasteiger partial charge in [0.2, 0.25) is 5.91 Å². The van der Waals surface area contributed by atoms with Crippen LogP contribution in [0.5, 0.6) is 0 Å². The van der Waals surface area contributed by atoms with Crippen molar-refractivity contribution in [3.05, 3.63) is 24.3 Å². The minimum atomic E-state index is -0.0742. The van der Waals surface area contributed by atoms with Gasteiger partial charge in [0.1, 0.15) is 6.04 Å².